The van der Waals surface area contributed by atoms with Crippen LogP contribution in [0.3, 0.4) is 0 Å². The van der Waals surface area contributed by atoms with E-state index in [1.165, 1.54) is 21.3 Å². The van der Waals surface area contributed by atoms with Gasteiger partial charge in [-0.1, -0.05) is 23.2 Å². The Hall–Kier alpha value is -5.69. The van der Waals surface area contributed by atoms with E-state index in [9.17, 15) is 15.2 Å². The van der Waals surface area contributed by atoms with Crippen molar-refractivity contribution in [3.63, 3.8) is 0 Å². The molecule has 0 saturated heterocycles. The van der Waals surface area contributed by atoms with Crippen molar-refractivity contribution in [1.29, 1.82) is 5.26 Å². The first-order valence-corrected chi connectivity index (χ1v) is 15.9. The summed E-state index contributed by atoms with van der Waals surface area (Å²) in [6, 6.07) is 8.54. The quantitative estimate of drug-likeness (QED) is 0.114. The van der Waals surface area contributed by atoms with Crippen LogP contribution in [0.2, 0.25) is 10.0 Å². The molecule has 0 spiro atoms. The van der Waals surface area contributed by atoms with Crippen molar-refractivity contribution < 1.29 is 37.9 Å². The van der Waals surface area contributed by atoms with Crippen molar-refractivity contribution in [2.24, 2.45) is 0 Å². The van der Waals surface area contributed by atoms with Crippen molar-refractivity contribution in [3.05, 3.63) is 67.9 Å². The highest BCUT2D eigenvalue weighted by Crippen LogP contribution is 2.54. The van der Waals surface area contributed by atoms with Crippen LogP contribution in [0.5, 0.6) is 46.0 Å². The molecule has 3 aromatic heterocycles. The van der Waals surface area contributed by atoms with Crippen molar-refractivity contribution in [1.82, 2.24) is 4.40 Å². The largest absolute Gasteiger partial charge is 0.517 e. The fourth-order valence-electron chi connectivity index (χ4n) is 5.89. The Bertz CT molecular complexity index is 2530. The first-order valence-electron chi connectivity index (χ1n) is 15.1. The van der Waals surface area contributed by atoms with Crippen molar-refractivity contribution in [2.45, 2.75) is 39.9 Å². The van der Waals surface area contributed by atoms with Crippen molar-refractivity contribution >= 4 is 67.1 Å². The molecule has 1 N–H and O–H groups in total. The number of benzene rings is 3. The Kier molecular flexibility index (Phi) is 8.87. The van der Waals surface area contributed by atoms with Gasteiger partial charge in [0.2, 0.25) is 5.75 Å². The summed E-state index contributed by atoms with van der Waals surface area (Å²) in [6.45, 7) is 15.1. The van der Waals surface area contributed by atoms with E-state index >= 15 is 0 Å². The number of nitriles is 1. The highest BCUT2D eigenvalue weighted by atomic mass is 35.5. The summed E-state index contributed by atoms with van der Waals surface area (Å²) in [4.78, 5) is 17.3. The van der Waals surface area contributed by atoms with Crippen LogP contribution < -0.4 is 34.0 Å². The predicted octanol–water partition coefficient (Wildman–Crippen LogP) is 9.18. The number of methoxy groups -OCH3 is 3. The minimum absolute atomic E-state index is 0.0295. The second-order valence-corrected chi connectivity index (χ2v) is 12.3. The van der Waals surface area contributed by atoms with E-state index in [-0.39, 0.29) is 50.8 Å². The number of hydrogen-bond acceptors (Lipinski definition) is 10. The molecule has 0 saturated carbocycles. The normalized spacial score (nSPS) is 11.4. The molecule has 3 aromatic carbocycles. The smallest absolute Gasteiger partial charge is 0.361 e. The second kappa shape index (κ2) is 13.0. The zero-order chi connectivity index (χ0) is 36.2. The molecule has 0 amide bonds. The molecule has 0 bridgehead atoms. The minimum atomic E-state index is -0.728. The molecule has 0 aliphatic carbocycles. The van der Waals surface area contributed by atoms with Gasteiger partial charge in [0.15, 0.2) is 34.5 Å². The van der Waals surface area contributed by atoms with E-state index in [0.717, 1.165) is 0 Å². The zero-order valence-corrected chi connectivity index (χ0v) is 29.4. The van der Waals surface area contributed by atoms with Gasteiger partial charge >= 0.3 is 5.63 Å². The number of rotatable bonds is 9. The van der Waals surface area contributed by atoms with Gasteiger partial charge in [-0.2, -0.15) is 5.26 Å². The number of pyridine rings is 1. The monoisotopic (exact) mass is 717 g/mol. The number of phenolic OH excluding ortho intramolecular Hbond substituents is 1. The summed E-state index contributed by atoms with van der Waals surface area (Å²) in [6.07, 6.45) is 1.14. The van der Waals surface area contributed by atoms with Crippen LogP contribution in [0.4, 0.5) is 5.69 Å². The van der Waals surface area contributed by atoms with Gasteiger partial charge in [-0.3, -0.25) is 0 Å². The van der Waals surface area contributed by atoms with Gasteiger partial charge < -0.3 is 42.3 Å². The number of halogens is 2. The molecule has 14 heteroatoms. The molecule has 6 rings (SSSR count). The van der Waals surface area contributed by atoms with Crippen LogP contribution in [0.25, 0.3) is 43.0 Å². The van der Waals surface area contributed by atoms with Gasteiger partial charge in [0.25, 0.3) is 5.69 Å². The lowest BCUT2D eigenvalue weighted by atomic mass is 10.1. The van der Waals surface area contributed by atoms with E-state index in [0.29, 0.717) is 50.4 Å². The van der Waals surface area contributed by atoms with E-state index in [2.05, 4.69) is 4.85 Å². The first kappa shape index (κ1) is 34.2. The summed E-state index contributed by atoms with van der Waals surface area (Å²) >= 11 is 13.0. The summed E-state index contributed by atoms with van der Waals surface area (Å²) in [5.74, 6) is 0.729. The number of nitrogens with zero attached hydrogens (tertiary/aromatic N) is 3. The molecule has 50 heavy (non-hydrogen) atoms. The highest BCUT2D eigenvalue weighted by Gasteiger charge is 2.30. The van der Waals surface area contributed by atoms with Crippen LogP contribution in [0, 0.1) is 17.9 Å². The molecule has 0 aliphatic rings. The van der Waals surface area contributed by atoms with E-state index in [1.807, 2.05) is 33.8 Å². The molecule has 0 fully saturated rings. The highest BCUT2D eigenvalue weighted by molar-refractivity contribution is 6.44. The Morgan fingerprint density at radius 3 is 2.14 bits per heavy atom. The van der Waals surface area contributed by atoms with Gasteiger partial charge in [-0.25, -0.2) is 9.64 Å². The lowest BCUT2D eigenvalue weighted by molar-refractivity contribution is 0.229. The summed E-state index contributed by atoms with van der Waals surface area (Å²) < 4.78 is 43.3. The molecular formula is C36H29Cl2N3O9. The van der Waals surface area contributed by atoms with E-state index in [1.54, 1.807) is 34.9 Å². The van der Waals surface area contributed by atoms with Crippen LogP contribution in [-0.4, -0.2) is 43.0 Å². The number of phenols is 1. The van der Waals surface area contributed by atoms with Crippen LogP contribution in [-0.2, 0) is 0 Å². The van der Waals surface area contributed by atoms with Crippen LogP contribution >= 0.6 is 23.2 Å². The van der Waals surface area contributed by atoms with Crippen LogP contribution in [0.1, 0.15) is 33.3 Å². The van der Waals surface area contributed by atoms with E-state index < -0.39 is 22.1 Å². The number of ether oxygens (including phenoxy) is 6. The topological polar surface area (TPSA) is 138 Å². The third-order valence-corrected chi connectivity index (χ3v) is 8.66. The van der Waals surface area contributed by atoms with Gasteiger partial charge in [0, 0.05) is 28.4 Å². The average Bonchev–Trinajstić information content (AvgIpc) is 3.42. The SMILES string of the molecule is [C-]#[N+]c1c(O)c(Cl)c(Cl)c(Oc2c3c4cc(OC)c(OC(C)C)cc4oc(=O)c3n3ccc4c(OC(C)C)c(OC)c(OC)cc4c23)c1C#N. The lowest BCUT2D eigenvalue weighted by Crippen LogP contribution is -2.08. The standard InChI is InChI=1S/C36H29Cl2N3O9/c1-15(2)47-23-13-21-19(12-22(23)44-6)25-30(36(43)49-21)41-10-9-17-18(11-24(45-7)34(46-8)33(17)48-16(3)4)29(41)35(25)50-32-20(14-39)28(40-5)31(42)26(37)27(32)38/h9-13,15-16,42H,1-4,6-8H3. The summed E-state index contributed by atoms with van der Waals surface area (Å²) in [5.41, 5.74) is -1.05. The number of aromatic nitrogens is 1. The number of aromatic hydroxyl groups is 1. The average molecular weight is 719 g/mol. The molecule has 3 heterocycles. The Morgan fingerprint density at radius 2 is 1.54 bits per heavy atom. The van der Waals surface area contributed by atoms with Gasteiger partial charge in [-0.05, 0) is 45.9 Å². The first-order chi connectivity index (χ1) is 23.9. The maximum absolute atomic E-state index is 14.0. The maximum Gasteiger partial charge on any atom is 0.361 e. The number of fused-ring (bicyclic) bond motifs is 7. The third-order valence-electron chi connectivity index (χ3n) is 7.83. The fourth-order valence-corrected chi connectivity index (χ4v) is 6.28. The molecule has 0 aliphatic heterocycles. The molecule has 0 radical (unpaired) electrons. The van der Waals surface area contributed by atoms with Gasteiger partial charge in [0.1, 0.15) is 27.4 Å². The summed E-state index contributed by atoms with van der Waals surface area (Å²) in [5, 5.41) is 21.7. The maximum atomic E-state index is 14.0. The lowest BCUT2D eigenvalue weighted by Gasteiger charge is -2.19. The predicted molar refractivity (Wildman–Crippen MR) is 189 cm³/mol. The minimum Gasteiger partial charge on any atom is -0.517 e. The number of hydrogen-bond donors (Lipinski definition) is 1. The third kappa shape index (κ3) is 5.25. The van der Waals surface area contributed by atoms with Crippen molar-refractivity contribution in [2.75, 3.05) is 21.3 Å². The zero-order valence-electron chi connectivity index (χ0n) is 27.9. The Labute approximate surface area is 295 Å². The summed E-state index contributed by atoms with van der Waals surface area (Å²) in [7, 11) is 4.45. The fraction of sp³-hybridized carbons (Fsp3) is 0.250. The molecule has 256 valence electrons. The van der Waals surface area contributed by atoms with Crippen LogP contribution in [0.15, 0.2) is 39.7 Å². The van der Waals surface area contributed by atoms with Gasteiger partial charge in [0.05, 0.1) is 62.1 Å². The Balaban J connectivity index is 1.89. The van der Waals surface area contributed by atoms with Crippen molar-refractivity contribution in [3.8, 4) is 52.1 Å². The second-order valence-electron chi connectivity index (χ2n) is 11.6. The van der Waals surface area contributed by atoms with E-state index in [4.69, 9.17) is 62.6 Å². The molecule has 0 unspecified atom stereocenters. The Morgan fingerprint density at radius 1 is 0.860 bits per heavy atom. The molecule has 12 nitrogen and oxygen atoms in total. The molecule has 6 aromatic rings. The van der Waals surface area contributed by atoms with Gasteiger partial charge in [-0.15, -0.1) is 0 Å². The molecular weight excluding hydrogens is 689 g/mol. The molecule has 0 atom stereocenters.